The maximum absolute atomic E-state index is 5.41. The molecule has 2 aromatic heterocycles. The second-order valence-electron chi connectivity index (χ2n) is 2.59. The van der Waals surface area contributed by atoms with Crippen LogP contribution in [0.3, 0.4) is 0 Å². The first-order valence-corrected chi connectivity index (χ1v) is 4.68. The van der Waals surface area contributed by atoms with Gasteiger partial charge in [0, 0.05) is 6.54 Å². The average Bonchev–Trinajstić information content (AvgIpc) is 2.71. The van der Waals surface area contributed by atoms with Crippen LogP contribution in [0.4, 0.5) is 0 Å². The second kappa shape index (κ2) is 3.27. The first-order valence-electron chi connectivity index (χ1n) is 3.87. The van der Waals surface area contributed by atoms with Gasteiger partial charge in [-0.25, -0.2) is 9.97 Å². The van der Waals surface area contributed by atoms with Crippen LogP contribution in [0.15, 0.2) is 16.9 Å². The first kappa shape index (κ1) is 8.40. The predicted octanol–water partition coefficient (Wildman–Crippen LogP) is 1.57. The van der Waals surface area contributed by atoms with E-state index in [1.54, 1.807) is 23.8 Å². The minimum Gasteiger partial charge on any atom is -0.443 e. The summed E-state index contributed by atoms with van der Waals surface area (Å²) in [6.07, 6.45) is 3.33. The number of aromatic nitrogens is 2. The van der Waals surface area contributed by atoms with Gasteiger partial charge in [-0.2, -0.15) is 0 Å². The molecule has 0 atom stereocenters. The summed E-state index contributed by atoms with van der Waals surface area (Å²) < 4.78 is 5.23. The van der Waals surface area contributed by atoms with E-state index in [9.17, 15) is 0 Å². The molecule has 2 heterocycles. The minimum absolute atomic E-state index is 0.404. The summed E-state index contributed by atoms with van der Waals surface area (Å²) >= 11 is 1.56. The number of aryl methyl sites for hydroxylation is 1. The van der Waals surface area contributed by atoms with Crippen LogP contribution in [0, 0.1) is 6.92 Å². The van der Waals surface area contributed by atoms with Crippen LogP contribution in [-0.4, -0.2) is 9.97 Å². The molecule has 0 fully saturated rings. The third-order valence-electron chi connectivity index (χ3n) is 1.59. The van der Waals surface area contributed by atoms with E-state index in [2.05, 4.69) is 9.97 Å². The molecule has 0 aromatic carbocycles. The van der Waals surface area contributed by atoms with Crippen LogP contribution in [0.2, 0.25) is 0 Å². The molecule has 0 aliphatic carbocycles. The van der Waals surface area contributed by atoms with Gasteiger partial charge < -0.3 is 10.2 Å². The molecule has 13 heavy (non-hydrogen) atoms. The molecule has 0 spiro atoms. The minimum atomic E-state index is 0.404. The number of oxazole rings is 1. The molecule has 2 aromatic rings. The number of thiazole rings is 1. The monoisotopic (exact) mass is 195 g/mol. The van der Waals surface area contributed by atoms with Crippen molar-refractivity contribution in [3.8, 4) is 10.8 Å². The summed E-state index contributed by atoms with van der Waals surface area (Å²) in [7, 11) is 0. The molecule has 0 amide bonds. The van der Waals surface area contributed by atoms with E-state index in [1.807, 2.05) is 6.92 Å². The molecule has 4 nitrogen and oxygen atoms in total. The molecule has 0 saturated carbocycles. The quantitative estimate of drug-likeness (QED) is 0.789. The van der Waals surface area contributed by atoms with Crippen molar-refractivity contribution in [2.45, 2.75) is 13.5 Å². The molecule has 0 unspecified atom stereocenters. The molecule has 0 aliphatic heterocycles. The summed E-state index contributed by atoms with van der Waals surface area (Å²) in [4.78, 5) is 9.25. The Morgan fingerprint density at radius 1 is 1.62 bits per heavy atom. The van der Waals surface area contributed by atoms with Crippen molar-refractivity contribution >= 4 is 11.3 Å². The predicted molar refractivity (Wildman–Crippen MR) is 50.2 cm³/mol. The Morgan fingerprint density at radius 2 is 2.46 bits per heavy atom. The number of hydrogen-bond donors (Lipinski definition) is 1. The van der Waals surface area contributed by atoms with Gasteiger partial charge in [-0.05, 0) is 6.92 Å². The third kappa shape index (κ3) is 1.61. The Kier molecular flexibility index (Phi) is 2.12. The Balaban J connectivity index is 2.35. The Bertz CT molecular complexity index is 407. The molecule has 2 N–H and O–H groups in total. The van der Waals surface area contributed by atoms with Gasteiger partial charge in [0.25, 0.3) is 0 Å². The van der Waals surface area contributed by atoms with Crippen molar-refractivity contribution in [2.75, 3.05) is 0 Å². The molecular formula is C8H9N3OS. The van der Waals surface area contributed by atoms with Crippen LogP contribution < -0.4 is 5.73 Å². The van der Waals surface area contributed by atoms with E-state index in [-0.39, 0.29) is 0 Å². The van der Waals surface area contributed by atoms with Crippen LogP contribution in [0.25, 0.3) is 10.8 Å². The lowest BCUT2D eigenvalue weighted by Gasteiger charge is -1.84. The highest BCUT2D eigenvalue weighted by Gasteiger charge is 2.07. The normalized spacial score (nSPS) is 10.6. The highest BCUT2D eigenvalue weighted by Crippen LogP contribution is 2.24. The molecule has 0 aliphatic rings. The zero-order valence-corrected chi connectivity index (χ0v) is 7.97. The maximum atomic E-state index is 5.41. The van der Waals surface area contributed by atoms with E-state index in [1.165, 1.54) is 0 Å². The van der Waals surface area contributed by atoms with Crippen molar-refractivity contribution in [2.24, 2.45) is 5.73 Å². The summed E-state index contributed by atoms with van der Waals surface area (Å²) in [6.45, 7) is 2.35. The SMILES string of the molecule is Cc1ncc(-c2nc(CN)co2)s1. The molecule has 68 valence electrons. The zero-order valence-electron chi connectivity index (χ0n) is 7.15. The zero-order chi connectivity index (χ0) is 9.26. The summed E-state index contributed by atoms with van der Waals surface area (Å²) in [5.41, 5.74) is 6.18. The lowest BCUT2D eigenvalue weighted by Crippen LogP contribution is -1.95. The van der Waals surface area contributed by atoms with E-state index in [0.29, 0.717) is 12.4 Å². The van der Waals surface area contributed by atoms with Crippen molar-refractivity contribution in [3.63, 3.8) is 0 Å². The van der Waals surface area contributed by atoms with Crippen molar-refractivity contribution in [1.82, 2.24) is 9.97 Å². The fourth-order valence-corrected chi connectivity index (χ4v) is 1.68. The van der Waals surface area contributed by atoms with Gasteiger partial charge in [0.05, 0.1) is 16.9 Å². The van der Waals surface area contributed by atoms with Crippen LogP contribution in [-0.2, 0) is 6.54 Å². The number of nitrogens with zero attached hydrogens (tertiary/aromatic N) is 2. The number of hydrogen-bond acceptors (Lipinski definition) is 5. The smallest absolute Gasteiger partial charge is 0.238 e. The van der Waals surface area contributed by atoms with E-state index >= 15 is 0 Å². The number of rotatable bonds is 2. The lowest BCUT2D eigenvalue weighted by atomic mass is 10.5. The topological polar surface area (TPSA) is 64.9 Å². The van der Waals surface area contributed by atoms with Gasteiger partial charge in [0.1, 0.15) is 11.1 Å². The van der Waals surface area contributed by atoms with Crippen molar-refractivity contribution in [1.29, 1.82) is 0 Å². The van der Waals surface area contributed by atoms with Gasteiger partial charge in [-0.1, -0.05) is 0 Å². The van der Waals surface area contributed by atoms with Crippen LogP contribution in [0.1, 0.15) is 10.7 Å². The lowest BCUT2D eigenvalue weighted by molar-refractivity contribution is 0.574. The molecular weight excluding hydrogens is 186 g/mol. The second-order valence-corrected chi connectivity index (χ2v) is 3.83. The average molecular weight is 195 g/mol. The Hall–Kier alpha value is -1.20. The molecule has 0 bridgehead atoms. The molecule has 0 radical (unpaired) electrons. The third-order valence-corrected chi connectivity index (χ3v) is 2.49. The largest absolute Gasteiger partial charge is 0.443 e. The van der Waals surface area contributed by atoms with Gasteiger partial charge in [0.2, 0.25) is 5.89 Å². The van der Waals surface area contributed by atoms with Gasteiger partial charge in [-0.15, -0.1) is 11.3 Å². The van der Waals surface area contributed by atoms with E-state index in [0.717, 1.165) is 15.6 Å². The highest BCUT2D eigenvalue weighted by molar-refractivity contribution is 7.14. The molecule has 2 rings (SSSR count). The van der Waals surface area contributed by atoms with E-state index in [4.69, 9.17) is 10.2 Å². The van der Waals surface area contributed by atoms with E-state index < -0.39 is 0 Å². The first-order chi connectivity index (χ1) is 6.29. The Labute approximate surface area is 79.4 Å². The van der Waals surface area contributed by atoms with Crippen molar-refractivity contribution < 1.29 is 4.42 Å². The maximum Gasteiger partial charge on any atom is 0.238 e. The van der Waals surface area contributed by atoms with Gasteiger partial charge in [0.15, 0.2) is 0 Å². The summed E-state index contributed by atoms with van der Waals surface area (Å²) in [6, 6.07) is 0. The Morgan fingerprint density at radius 3 is 3.00 bits per heavy atom. The number of nitrogens with two attached hydrogens (primary N) is 1. The van der Waals surface area contributed by atoms with Crippen LogP contribution in [0.5, 0.6) is 0 Å². The fraction of sp³-hybridized carbons (Fsp3) is 0.250. The summed E-state index contributed by atoms with van der Waals surface area (Å²) in [5, 5.41) is 1.00. The van der Waals surface area contributed by atoms with Gasteiger partial charge in [-0.3, -0.25) is 0 Å². The van der Waals surface area contributed by atoms with Gasteiger partial charge >= 0.3 is 0 Å². The van der Waals surface area contributed by atoms with Crippen molar-refractivity contribution in [3.05, 3.63) is 23.2 Å². The standard InChI is InChI=1S/C8H9N3OS/c1-5-10-3-7(13-5)8-11-6(2-9)4-12-8/h3-4H,2,9H2,1H3. The fourth-order valence-electron chi connectivity index (χ4n) is 0.974. The molecule has 5 heteroatoms. The molecule has 0 saturated heterocycles. The van der Waals surface area contributed by atoms with Crippen LogP contribution >= 0.6 is 11.3 Å². The highest BCUT2D eigenvalue weighted by atomic mass is 32.1. The summed E-state index contributed by atoms with van der Waals surface area (Å²) in [5.74, 6) is 0.603.